The number of carbonyl (C=O) groups excluding carboxylic acids is 2. The first-order chi connectivity index (χ1) is 29.3. The summed E-state index contributed by atoms with van der Waals surface area (Å²) in [5.41, 5.74) is 7.46. The molecule has 61 heavy (non-hydrogen) atoms. The molecule has 4 atom stereocenters. The zero-order valence-corrected chi connectivity index (χ0v) is 36.5. The first-order valence-electron chi connectivity index (χ1n) is 21.3. The van der Waals surface area contributed by atoms with Gasteiger partial charge in [-0.3, -0.25) is 14.5 Å². The van der Waals surface area contributed by atoms with Crippen molar-refractivity contribution >= 4 is 60.4 Å². The van der Waals surface area contributed by atoms with E-state index in [0.29, 0.717) is 37.3 Å². The Morgan fingerprint density at radius 2 is 1.43 bits per heavy atom. The molecule has 1 aliphatic carbocycles. The van der Waals surface area contributed by atoms with E-state index in [4.69, 9.17) is 9.16 Å². The molecule has 3 aliphatic rings. The number of fused-ring (bicyclic) bond motifs is 3. The molecule has 0 radical (unpaired) electrons. The van der Waals surface area contributed by atoms with Crippen molar-refractivity contribution in [3.8, 4) is 5.75 Å². The van der Waals surface area contributed by atoms with Crippen LogP contribution in [-0.2, 0) is 18.8 Å². The normalized spacial score (nSPS) is 20.6. The van der Waals surface area contributed by atoms with Gasteiger partial charge < -0.3 is 24.3 Å². The second-order valence-electron chi connectivity index (χ2n) is 17.8. The number of aromatic hydroxyl groups is 1. The summed E-state index contributed by atoms with van der Waals surface area (Å²) in [7, 11) is -4.74. The summed E-state index contributed by atoms with van der Waals surface area (Å²) in [4.78, 5) is 30.4. The fourth-order valence-corrected chi connectivity index (χ4v) is 14.7. The highest BCUT2D eigenvalue weighted by Gasteiger charge is 2.58. The highest BCUT2D eigenvalue weighted by molar-refractivity contribution is 6.99. The Hall–Kier alpha value is -5.36. The first kappa shape index (κ1) is 42.3. The fourth-order valence-electron chi connectivity index (χ4n) is 10.2. The van der Waals surface area contributed by atoms with Crippen LogP contribution in [-0.4, -0.2) is 61.7 Å². The van der Waals surface area contributed by atoms with Gasteiger partial charge in [0.25, 0.3) is 8.32 Å². The Labute approximate surface area is 360 Å². The molecule has 2 saturated heterocycles. The van der Waals surface area contributed by atoms with Gasteiger partial charge in [0.15, 0.2) is 0 Å². The zero-order valence-electron chi connectivity index (χ0n) is 35.5. The number of phenols is 1. The molecular formula is C51H54BNO7Si. The number of carbonyl (C=O) groups is 2. The van der Waals surface area contributed by atoms with Crippen LogP contribution in [0.15, 0.2) is 139 Å². The summed E-state index contributed by atoms with van der Waals surface area (Å²) in [6.45, 7) is 11.2. The first-order valence-corrected chi connectivity index (χ1v) is 23.2. The van der Waals surface area contributed by atoms with Crippen LogP contribution in [0.5, 0.6) is 5.75 Å². The molecule has 8 nitrogen and oxygen atoms in total. The van der Waals surface area contributed by atoms with Gasteiger partial charge in [0.2, 0.25) is 11.8 Å². The monoisotopic (exact) mass is 831 g/mol. The summed E-state index contributed by atoms with van der Waals surface area (Å²) < 4.78 is 14.3. The van der Waals surface area contributed by atoms with E-state index in [1.54, 1.807) is 18.2 Å². The maximum Gasteiger partial charge on any atom is 0.488 e. The van der Waals surface area contributed by atoms with E-state index in [-0.39, 0.29) is 40.9 Å². The highest BCUT2D eigenvalue weighted by atomic mass is 28.4. The number of benzene rings is 5. The van der Waals surface area contributed by atoms with Crippen molar-refractivity contribution in [3.05, 3.63) is 161 Å². The Bertz CT molecular complexity index is 2420. The quantitative estimate of drug-likeness (QED) is 0.0532. The van der Waals surface area contributed by atoms with Crippen LogP contribution in [0.3, 0.4) is 0 Å². The molecule has 10 heteroatoms. The average Bonchev–Trinajstić information content (AvgIpc) is 3.79. The van der Waals surface area contributed by atoms with Gasteiger partial charge >= 0.3 is 7.12 Å². The van der Waals surface area contributed by atoms with Gasteiger partial charge in [-0.1, -0.05) is 130 Å². The molecule has 0 aromatic heterocycles. The summed E-state index contributed by atoms with van der Waals surface area (Å²) in [5.74, 6) is -1.86. The lowest BCUT2D eigenvalue weighted by Gasteiger charge is -2.44. The van der Waals surface area contributed by atoms with Gasteiger partial charge in [-0.2, -0.15) is 0 Å². The van der Waals surface area contributed by atoms with Gasteiger partial charge in [0.05, 0.1) is 36.8 Å². The van der Waals surface area contributed by atoms with Gasteiger partial charge in [-0.15, -0.1) is 0 Å². The Morgan fingerprint density at radius 1 is 0.820 bits per heavy atom. The number of imide groups is 1. The van der Waals surface area contributed by atoms with Crippen molar-refractivity contribution in [1.29, 1.82) is 0 Å². The maximum atomic E-state index is 14.6. The van der Waals surface area contributed by atoms with Crippen molar-refractivity contribution in [1.82, 2.24) is 0 Å². The molecule has 0 saturated carbocycles. The smallest absolute Gasteiger partial charge is 0.488 e. The van der Waals surface area contributed by atoms with Gasteiger partial charge in [-0.25, -0.2) is 0 Å². The van der Waals surface area contributed by atoms with E-state index in [1.807, 2.05) is 56.3 Å². The highest BCUT2D eigenvalue weighted by Crippen LogP contribution is 2.51. The summed E-state index contributed by atoms with van der Waals surface area (Å²) in [6, 6.07) is 41.7. The van der Waals surface area contributed by atoms with Crippen LogP contribution in [0.2, 0.25) is 5.04 Å². The van der Waals surface area contributed by atoms with E-state index < -0.39 is 27.3 Å². The Kier molecular flexibility index (Phi) is 11.9. The number of hydrogen-bond donors (Lipinski definition) is 3. The molecule has 312 valence electrons. The number of amides is 2. The van der Waals surface area contributed by atoms with Crippen molar-refractivity contribution in [2.24, 2.45) is 17.8 Å². The number of phenolic OH excluding ortho intramolecular Hbond substituents is 1. The lowest BCUT2D eigenvalue weighted by atomic mass is 9.69. The number of allylic oxidation sites excluding steroid dienone is 1. The minimum Gasteiger partial charge on any atom is -0.507 e. The van der Waals surface area contributed by atoms with Crippen molar-refractivity contribution in [3.63, 3.8) is 0 Å². The number of aryl methyl sites for hydroxylation is 2. The number of rotatable bonds is 12. The Morgan fingerprint density at radius 3 is 2.02 bits per heavy atom. The predicted octanol–water partition coefficient (Wildman–Crippen LogP) is 7.11. The molecule has 8 rings (SSSR count). The maximum absolute atomic E-state index is 14.6. The largest absolute Gasteiger partial charge is 0.507 e. The number of anilines is 1. The van der Waals surface area contributed by atoms with E-state index >= 15 is 0 Å². The molecule has 2 aliphatic heterocycles. The summed E-state index contributed by atoms with van der Waals surface area (Å²) >= 11 is 0. The van der Waals surface area contributed by atoms with E-state index in [2.05, 4.69) is 87.5 Å². The molecule has 2 amide bonds. The number of nitrogens with zero attached hydrogens (tertiary/aromatic N) is 1. The van der Waals surface area contributed by atoms with Crippen LogP contribution in [0.1, 0.15) is 62.3 Å². The third kappa shape index (κ3) is 7.99. The van der Waals surface area contributed by atoms with E-state index in [1.165, 1.54) is 11.0 Å². The molecule has 2 fully saturated rings. The minimum absolute atomic E-state index is 0.204. The number of ether oxygens (including phenoxy) is 1. The molecule has 0 unspecified atom stereocenters. The lowest BCUT2D eigenvalue weighted by Crippen LogP contribution is -2.66. The summed E-state index contributed by atoms with van der Waals surface area (Å²) in [6.07, 6.45) is 3.55. The topological polar surface area (TPSA) is 117 Å². The third-order valence-corrected chi connectivity index (χ3v) is 18.0. The van der Waals surface area contributed by atoms with Crippen LogP contribution < -0.4 is 20.7 Å². The van der Waals surface area contributed by atoms with Gasteiger partial charge in [0, 0.05) is 5.92 Å². The van der Waals surface area contributed by atoms with Gasteiger partial charge in [-0.05, 0) is 117 Å². The van der Waals surface area contributed by atoms with E-state index in [9.17, 15) is 24.7 Å². The Balaban J connectivity index is 1.20. The average molecular weight is 832 g/mol. The van der Waals surface area contributed by atoms with Crippen molar-refractivity contribution < 1.29 is 33.9 Å². The van der Waals surface area contributed by atoms with Crippen LogP contribution >= 0.6 is 0 Å². The second-order valence-corrected chi connectivity index (χ2v) is 22.1. The minimum atomic E-state index is -3.00. The molecule has 0 bridgehead atoms. The van der Waals surface area contributed by atoms with Crippen LogP contribution in [0.4, 0.5) is 5.69 Å². The van der Waals surface area contributed by atoms with E-state index in [0.717, 1.165) is 49.3 Å². The molecule has 5 aromatic rings. The zero-order chi connectivity index (χ0) is 43.1. The van der Waals surface area contributed by atoms with Crippen molar-refractivity contribution in [2.45, 2.75) is 65.0 Å². The van der Waals surface area contributed by atoms with Gasteiger partial charge in [0.1, 0.15) is 5.75 Å². The van der Waals surface area contributed by atoms with Crippen LogP contribution in [0.25, 0.3) is 11.6 Å². The second kappa shape index (κ2) is 17.2. The van der Waals surface area contributed by atoms with Crippen LogP contribution in [0, 0.1) is 31.6 Å². The molecule has 3 N–H and O–H groups in total. The number of hydrogen-bond acceptors (Lipinski definition) is 7. The summed E-state index contributed by atoms with van der Waals surface area (Å²) in [5, 5.41) is 32.5. The lowest BCUT2D eigenvalue weighted by molar-refractivity contribution is -0.122. The predicted molar refractivity (Wildman–Crippen MR) is 245 cm³/mol. The molecule has 2 heterocycles. The molecule has 0 spiro atoms. The molecule has 5 aromatic carbocycles. The fraction of sp³-hybridized carbons (Fsp3) is 0.294. The SMILES string of the molecule is Cc1cc(/C=C(/CC[C@H]2OC[C@H]3C2=C(CO[Si](c2ccccc2)(c2ccccc2)C(C)(C)C)C[C@H]2C(=O)N(c4cccc(B(O)O)c4)C(=O)[C@H]23)c2ccccc2)cc(C)c1O. The standard InChI is InChI=1S/C51H54BNO7Si/c1-33-26-35(27-34(2)48(33)54)28-37(36-16-9-6-10-17-36)24-25-45-46-38(31-60-61(51(3,4)5,41-20-11-7-12-21-41)42-22-13-8-14-23-42)29-43-47(44(46)32-59-45)50(56)53(49(43)55)40-19-15-18-39(30-40)52(57)58/h6-23,26-28,30,43-45,47,54,57-58H,24-25,29,31-32H2,1-5H3/b37-28-/t43-,44+,45-,47-/m1/s1. The molecular weight excluding hydrogens is 777 g/mol. The third-order valence-electron chi connectivity index (χ3n) is 13.0. The van der Waals surface area contributed by atoms with Crippen molar-refractivity contribution in [2.75, 3.05) is 18.1 Å².